The lowest BCUT2D eigenvalue weighted by atomic mass is 10.1. The van der Waals surface area contributed by atoms with Crippen LogP contribution in [0.5, 0.6) is 0 Å². The van der Waals surface area contributed by atoms with Gasteiger partial charge < -0.3 is 5.73 Å². The van der Waals surface area contributed by atoms with Crippen LogP contribution in [0.25, 0.3) is 21.0 Å². The van der Waals surface area contributed by atoms with Crippen LogP contribution >= 0.6 is 27.3 Å². The van der Waals surface area contributed by atoms with Crippen molar-refractivity contribution in [1.82, 2.24) is 4.98 Å². The maximum Gasteiger partial charge on any atom is 0.125 e. The molecule has 1 aromatic heterocycles. The Bertz CT molecular complexity index is 771. The summed E-state index contributed by atoms with van der Waals surface area (Å²) in [5, 5.41) is 0.765. The van der Waals surface area contributed by atoms with E-state index in [1.807, 2.05) is 30.3 Å². The molecule has 2 nitrogen and oxygen atoms in total. The number of hydrogen-bond donors (Lipinski definition) is 1. The predicted octanol–water partition coefficient (Wildman–Crippen LogP) is 4.84. The summed E-state index contributed by atoms with van der Waals surface area (Å²) in [5.74, 6) is -0.279. The summed E-state index contributed by atoms with van der Waals surface area (Å²) < 4.78 is 14.3. The Morgan fingerprint density at radius 1 is 1.14 bits per heavy atom. The van der Waals surface area contributed by atoms with Crippen LogP contribution in [-0.4, -0.2) is 4.98 Å². The predicted molar refractivity (Wildman–Crippen MR) is 88.5 cm³/mol. The van der Waals surface area contributed by atoms with Crippen molar-refractivity contribution in [2.75, 3.05) is 0 Å². The molecule has 0 radical (unpaired) electrons. The number of nitrogens with zero attached hydrogens (tertiary/aromatic N) is 1. The molecule has 0 saturated carbocycles. The number of nitrogens with two attached hydrogens (primary N) is 1. The van der Waals surface area contributed by atoms with Crippen molar-refractivity contribution in [3.05, 3.63) is 64.5 Å². The molecule has 1 heterocycles. The van der Waals surface area contributed by atoms with Gasteiger partial charge >= 0.3 is 0 Å². The molecule has 2 aromatic carbocycles. The fourth-order valence-electron chi connectivity index (χ4n) is 2.08. The topological polar surface area (TPSA) is 38.9 Å². The van der Waals surface area contributed by atoms with E-state index in [2.05, 4.69) is 20.9 Å². The van der Waals surface area contributed by atoms with Crippen LogP contribution in [0.3, 0.4) is 0 Å². The first-order valence-corrected chi connectivity index (χ1v) is 8.00. The van der Waals surface area contributed by atoms with E-state index < -0.39 is 0 Å². The van der Waals surface area contributed by atoms with Crippen LogP contribution in [0.2, 0.25) is 0 Å². The van der Waals surface area contributed by atoms with E-state index in [0.717, 1.165) is 31.2 Å². The van der Waals surface area contributed by atoms with Gasteiger partial charge in [0, 0.05) is 16.6 Å². The molecule has 0 aliphatic heterocycles. The third kappa shape index (κ3) is 2.90. The molecule has 0 aliphatic carbocycles. The number of halogens is 2. The molecular formula is C16H12BrFN2S. The van der Waals surface area contributed by atoms with Gasteiger partial charge in [-0.3, -0.25) is 0 Å². The number of benzene rings is 2. The summed E-state index contributed by atoms with van der Waals surface area (Å²) in [6.07, 6.45) is 0. The number of aromatic nitrogens is 1. The highest BCUT2D eigenvalue weighted by atomic mass is 79.9. The third-order valence-corrected chi connectivity index (χ3v) is 4.96. The Labute approximate surface area is 134 Å². The third-order valence-electron chi connectivity index (χ3n) is 3.09. The lowest BCUT2D eigenvalue weighted by Gasteiger charge is -2.00. The maximum absolute atomic E-state index is 13.5. The molecule has 0 spiro atoms. The second-order valence-electron chi connectivity index (χ2n) is 4.49. The molecular weight excluding hydrogens is 351 g/mol. The molecule has 3 aromatic rings. The Morgan fingerprint density at radius 3 is 2.62 bits per heavy atom. The highest BCUT2D eigenvalue weighted by Crippen LogP contribution is 2.38. The van der Waals surface area contributed by atoms with Crippen LogP contribution in [0.15, 0.2) is 53.0 Å². The van der Waals surface area contributed by atoms with E-state index in [-0.39, 0.29) is 5.82 Å². The van der Waals surface area contributed by atoms with Gasteiger partial charge in [-0.25, -0.2) is 9.37 Å². The van der Waals surface area contributed by atoms with Crippen LogP contribution in [0.1, 0.15) is 5.69 Å². The minimum atomic E-state index is -0.279. The number of rotatable bonds is 3. The molecule has 0 atom stereocenters. The standard InChI is InChI=1S/C16H12BrFN2S/c17-13-7-6-11(18)8-12(13)16-20-14(9-19)15(21-16)10-4-2-1-3-5-10/h1-8H,9,19H2. The lowest BCUT2D eigenvalue weighted by molar-refractivity contribution is 0.628. The Morgan fingerprint density at radius 2 is 1.90 bits per heavy atom. The van der Waals surface area contributed by atoms with Gasteiger partial charge in [-0.15, -0.1) is 11.3 Å². The summed E-state index contributed by atoms with van der Waals surface area (Å²) in [6.45, 7) is 0.355. The van der Waals surface area contributed by atoms with E-state index in [0.29, 0.717) is 6.54 Å². The van der Waals surface area contributed by atoms with Crippen molar-refractivity contribution in [2.24, 2.45) is 5.73 Å². The van der Waals surface area contributed by atoms with E-state index in [1.165, 1.54) is 23.5 Å². The van der Waals surface area contributed by atoms with E-state index in [4.69, 9.17) is 5.73 Å². The monoisotopic (exact) mass is 362 g/mol. The molecule has 0 unspecified atom stereocenters. The van der Waals surface area contributed by atoms with Crippen LogP contribution in [-0.2, 0) is 6.54 Å². The summed E-state index contributed by atoms with van der Waals surface area (Å²) in [5.41, 5.74) is 8.46. The fraction of sp³-hybridized carbons (Fsp3) is 0.0625. The largest absolute Gasteiger partial charge is 0.325 e. The molecule has 106 valence electrons. The van der Waals surface area contributed by atoms with E-state index in [1.54, 1.807) is 6.07 Å². The SMILES string of the molecule is NCc1nc(-c2cc(F)ccc2Br)sc1-c1ccccc1. The van der Waals surface area contributed by atoms with E-state index >= 15 is 0 Å². The Hall–Kier alpha value is -1.56. The van der Waals surface area contributed by atoms with Crippen LogP contribution in [0, 0.1) is 5.82 Å². The second-order valence-corrected chi connectivity index (χ2v) is 6.34. The van der Waals surface area contributed by atoms with Gasteiger partial charge in [0.05, 0.1) is 10.6 Å². The summed E-state index contributed by atoms with van der Waals surface area (Å²) in [7, 11) is 0. The average molecular weight is 363 g/mol. The lowest BCUT2D eigenvalue weighted by Crippen LogP contribution is -1.98. The van der Waals surface area contributed by atoms with Crippen LogP contribution in [0.4, 0.5) is 4.39 Å². The quantitative estimate of drug-likeness (QED) is 0.723. The van der Waals surface area contributed by atoms with Gasteiger partial charge in [0.25, 0.3) is 0 Å². The molecule has 3 rings (SSSR count). The van der Waals surface area contributed by atoms with Gasteiger partial charge in [-0.05, 0) is 23.8 Å². The van der Waals surface area contributed by atoms with Gasteiger partial charge in [0.2, 0.25) is 0 Å². The fourth-order valence-corrected chi connectivity index (χ4v) is 3.78. The van der Waals surface area contributed by atoms with Gasteiger partial charge in [-0.2, -0.15) is 0 Å². The number of thiazole rings is 1. The van der Waals surface area contributed by atoms with Crippen molar-refractivity contribution < 1.29 is 4.39 Å². The summed E-state index contributed by atoms with van der Waals surface area (Å²) >= 11 is 4.97. The molecule has 0 amide bonds. The van der Waals surface area contributed by atoms with Gasteiger partial charge in [-0.1, -0.05) is 46.3 Å². The Kier molecular flexibility index (Phi) is 4.14. The second kappa shape index (κ2) is 6.05. The van der Waals surface area contributed by atoms with Crippen molar-refractivity contribution in [2.45, 2.75) is 6.54 Å². The molecule has 2 N–H and O–H groups in total. The molecule has 0 saturated heterocycles. The van der Waals surface area contributed by atoms with E-state index in [9.17, 15) is 4.39 Å². The highest BCUT2D eigenvalue weighted by molar-refractivity contribution is 9.10. The van der Waals surface area contributed by atoms with Gasteiger partial charge in [0.15, 0.2) is 0 Å². The minimum absolute atomic E-state index is 0.279. The summed E-state index contributed by atoms with van der Waals surface area (Å²) in [4.78, 5) is 5.61. The smallest absolute Gasteiger partial charge is 0.125 e. The first-order chi connectivity index (χ1) is 10.2. The average Bonchev–Trinajstić information content (AvgIpc) is 2.94. The molecule has 0 bridgehead atoms. The highest BCUT2D eigenvalue weighted by Gasteiger charge is 2.15. The minimum Gasteiger partial charge on any atom is -0.325 e. The zero-order valence-electron chi connectivity index (χ0n) is 11.0. The van der Waals surface area contributed by atoms with Crippen molar-refractivity contribution in [3.8, 4) is 21.0 Å². The van der Waals surface area contributed by atoms with Crippen molar-refractivity contribution in [3.63, 3.8) is 0 Å². The zero-order valence-corrected chi connectivity index (χ0v) is 13.4. The molecule has 0 aliphatic rings. The maximum atomic E-state index is 13.5. The zero-order chi connectivity index (χ0) is 14.8. The van der Waals surface area contributed by atoms with Gasteiger partial charge in [0.1, 0.15) is 10.8 Å². The van der Waals surface area contributed by atoms with Crippen molar-refractivity contribution >= 4 is 27.3 Å². The first kappa shape index (κ1) is 14.4. The summed E-state index contributed by atoms with van der Waals surface area (Å²) in [6, 6.07) is 14.6. The molecule has 0 fully saturated rings. The van der Waals surface area contributed by atoms with Crippen LogP contribution < -0.4 is 5.73 Å². The first-order valence-electron chi connectivity index (χ1n) is 6.39. The normalized spacial score (nSPS) is 10.8. The molecule has 5 heteroatoms. The Balaban J connectivity index is 2.14. The number of hydrogen-bond acceptors (Lipinski definition) is 3. The van der Waals surface area contributed by atoms with Crippen molar-refractivity contribution in [1.29, 1.82) is 0 Å². The molecule has 21 heavy (non-hydrogen) atoms.